The number of rotatable bonds is 8. The molecular weight excluding hydrogens is 306 g/mol. The molecule has 0 bridgehead atoms. The highest BCUT2D eigenvalue weighted by Crippen LogP contribution is 2.19. The summed E-state index contributed by atoms with van der Waals surface area (Å²) in [4.78, 5) is 11.9. The second kappa shape index (κ2) is 8.82. The average Bonchev–Trinajstić information content (AvgIpc) is 2.62. The zero-order chi connectivity index (χ0) is 17.4. The second-order valence-corrected chi connectivity index (χ2v) is 5.37. The van der Waals surface area contributed by atoms with Crippen molar-refractivity contribution < 1.29 is 19.0 Å². The Balaban J connectivity index is 1.81. The molecule has 1 N–H and O–H groups in total. The highest BCUT2D eigenvalue weighted by molar-refractivity contribution is 5.91. The number of carbonyl (C=O) groups is 1. The zero-order valence-electron chi connectivity index (χ0n) is 14.2. The minimum absolute atomic E-state index is 0.0581. The maximum absolute atomic E-state index is 11.9. The molecule has 0 saturated carbocycles. The molecule has 2 aromatic carbocycles. The number of ether oxygens (including phenoxy) is 3. The first kappa shape index (κ1) is 17.7. The van der Waals surface area contributed by atoms with Crippen LogP contribution in [0, 0.1) is 0 Å². The van der Waals surface area contributed by atoms with Gasteiger partial charge in [0.25, 0.3) is 5.91 Å². The van der Waals surface area contributed by atoms with E-state index in [-0.39, 0.29) is 18.6 Å². The Morgan fingerprint density at radius 2 is 1.58 bits per heavy atom. The van der Waals surface area contributed by atoms with Crippen LogP contribution in [0.25, 0.3) is 0 Å². The van der Waals surface area contributed by atoms with Crippen molar-refractivity contribution in [3.05, 3.63) is 48.5 Å². The molecular formula is C19H23NO4. The van der Waals surface area contributed by atoms with Crippen molar-refractivity contribution in [2.75, 3.05) is 19.0 Å². The van der Waals surface area contributed by atoms with E-state index in [9.17, 15) is 4.79 Å². The summed E-state index contributed by atoms with van der Waals surface area (Å²) in [6, 6.07) is 14.4. The molecule has 0 heterocycles. The van der Waals surface area contributed by atoms with E-state index in [1.165, 1.54) is 0 Å². The van der Waals surface area contributed by atoms with Gasteiger partial charge in [0.15, 0.2) is 6.61 Å². The number of hydrogen-bond donors (Lipinski definition) is 1. The predicted octanol–water partition coefficient (Wildman–Crippen LogP) is 3.89. The average molecular weight is 329 g/mol. The van der Waals surface area contributed by atoms with Crippen LogP contribution in [0.4, 0.5) is 5.69 Å². The van der Waals surface area contributed by atoms with E-state index >= 15 is 0 Å². The van der Waals surface area contributed by atoms with Gasteiger partial charge in [-0.1, -0.05) is 6.92 Å². The molecule has 0 aliphatic rings. The molecule has 0 aromatic heterocycles. The number of carbonyl (C=O) groups excluding carboxylic acids is 1. The zero-order valence-corrected chi connectivity index (χ0v) is 14.2. The molecule has 0 aliphatic carbocycles. The van der Waals surface area contributed by atoms with Crippen LogP contribution in [0.3, 0.4) is 0 Å². The number of anilines is 1. The van der Waals surface area contributed by atoms with Gasteiger partial charge in [0, 0.05) is 5.69 Å². The van der Waals surface area contributed by atoms with Crippen molar-refractivity contribution in [1.29, 1.82) is 0 Å². The Kier molecular flexibility index (Phi) is 6.49. The van der Waals surface area contributed by atoms with E-state index < -0.39 is 0 Å². The van der Waals surface area contributed by atoms with Crippen molar-refractivity contribution in [1.82, 2.24) is 0 Å². The third-order valence-corrected chi connectivity index (χ3v) is 3.48. The van der Waals surface area contributed by atoms with E-state index in [0.717, 1.165) is 17.9 Å². The summed E-state index contributed by atoms with van der Waals surface area (Å²) in [7, 11) is 1.60. The van der Waals surface area contributed by atoms with Crippen LogP contribution in [0.1, 0.15) is 20.3 Å². The summed E-state index contributed by atoms with van der Waals surface area (Å²) in [5.74, 6) is 1.92. The topological polar surface area (TPSA) is 56.8 Å². The summed E-state index contributed by atoms with van der Waals surface area (Å²) in [5.41, 5.74) is 0.704. The third-order valence-electron chi connectivity index (χ3n) is 3.48. The number of amides is 1. The van der Waals surface area contributed by atoms with Gasteiger partial charge in [0.05, 0.1) is 13.2 Å². The Labute approximate surface area is 142 Å². The van der Waals surface area contributed by atoms with Crippen molar-refractivity contribution in [3.8, 4) is 17.2 Å². The van der Waals surface area contributed by atoms with Gasteiger partial charge in [0.2, 0.25) is 0 Å². The van der Waals surface area contributed by atoms with Gasteiger partial charge < -0.3 is 19.5 Å². The molecule has 128 valence electrons. The van der Waals surface area contributed by atoms with Crippen LogP contribution in [0.2, 0.25) is 0 Å². The normalized spacial score (nSPS) is 11.5. The first-order valence-corrected chi connectivity index (χ1v) is 7.94. The second-order valence-electron chi connectivity index (χ2n) is 5.37. The van der Waals surface area contributed by atoms with Crippen molar-refractivity contribution in [3.63, 3.8) is 0 Å². The molecule has 24 heavy (non-hydrogen) atoms. The molecule has 0 saturated heterocycles. The van der Waals surface area contributed by atoms with E-state index in [2.05, 4.69) is 12.2 Å². The lowest BCUT2D eigenvalue weighted by atomic mass is 10.3. The highest BCUT2D eigenvalue weighted by atomic mass is 16.5. The lowest BCUT2D eigenvalue weighted by molar-refractivity contribution is -0.118. The van der Waals surface area contributed by atoms with E-state index in [1.54, 1.807) is 31.4 Å². The van der Waals surface area contributed by atoms with Crippen molar-refractivity contribution in [2.45, 2.75) is 26.4 Å². The van der Waals surface area contributed by atoms with E-state index in [4.69, 9.17) is 14.2 Å². The summed E-state index contributed by atoms with van der Waals surface area (Å²) in [5, 5.41) is 2.79. The van der Waals surface area contributed by atoms with Crippen LogP contribution in [0.15, 0.2) is 48.5 Å². The van der Waals surface area contributed by atoms with Gasteiger partial charge in [-0.05, 0) is 61.9 Å². The Bertz CT molecular complexity index is 637. The molecule has 0 aliphatic heterocycles. The van der Waals surface area contributed by atoms with E-state index in [1.807, 2.05) is 31.2 Å². The lowest BCUT2D eigenvalue weighted by Gasteiger charge is -2.13. The number of hydrogen-bond acceptors (Lipinski definition) is 4. The maximum Gasteiger partial charge on any atom is 0.262 e. The lowest BCUT2D eigenvalue weighted by Crippen LogP contribution is -2.20. The van der Waals surface area contributed by atoms with E-state index in [0.29, 0.717) is 11.4 Å². The number of methoxy groups -OCH3 is 1. The predicted molar refractivity (Wildman–Crippen MR) is 93.9 cm³/mol. The van der Waals surface area contributed by atoms with Crippen LogP contribution in [-0.4, -0.2) is 25.7 Å². The quantitative estimate of drug-likeness (QED) is 0.798. The van der Waals surface area contributed by atoms with Crippen molar-refractivity contribution >= 4 is 11.6 Å². The van der Waals surface area contributed by atoms with Crippen LogP contribution >= 0.6 is 0 Å². The van der Waals surface area contributed by atoms with Gasteiger partial charge in [-0.2, -0.15) is 0 Å². The summed E-state index contributed by atoms with van der Waals surface area (Å²) >= 11 is 0. The molecule has 2 aromatic rings. The Morgan fingerprint density at radius 3 is 2.17 bits per heavy atom. The first-order chi connectivity index (χ1) is 11.6. The Morgan fingerprint density at radius 1 is 1.00 bits per heavy atom. The van der Waals surface area contributed by atoms with Gasteiger partial charge in [-0.15, -0.1) is 0 Å². The fraction of sp³-hybridized carbons (Fsp3) is 0.316. The first-order valence-electron chi connectivity index (χ1n) is 7.94. The largest absolute Gasteiger partial charge is 0.497 e. The smallest absolute Gasteiger partial charge is 0.262 e. The van der Waals surface area contributed by atoms with Gasteiger partial charge in [-0.25, -0.2) is 0 Å². The Hall–Kier alpha value is -2.69. The maximum atomic E-state index is 11.9. The van der Waals surface area contributed by atoms with Crippen molar-refractivity contribution in [2.24, 2.45) is 0 Å². The number of benzene rings is 2. The minimum Gasteiger partial charge on any atom is -0.497 e. The van der Waals surface area contributed by atoms with Crippen LogP contribution in [-0.2, 0) is 4.79 Å². The fourth-order valence-corrected chi connectivity index (χ4v) is 1.95. The molecule has 5 nitrogen and oxygen atoms in total. The number of nitrogens with one attached hydrogen (secondary N) is 1. The molecule has 0 radical (unpaired) electrons. The standard InChI is InChI=1S/C19H23NO4/c1-4-14(2)24-18-7-5-15(6-8-18)20-19(21)13-23-17-11-9-16(22-3)10-12-17/h5-12,14H,4,13H2,1-3H3,(H,20,21). The third kappa shape index (κ3) is 5.50. The highest BCUT2D eigenvalue weighted by Gasteiger charge is 2.05. The molecule has 1 unspecified atom stereocenters. The minimum atomic E-state index is -0.221. The van der Waals surface area contributed by atoms with Gasteiger partial charge >= 0.3 is 0 Å². The molecule has 0 spiro atoms. The summed E-state index contributed by atoms with van der Waals surface area (Å²) in [6.07, 6.45) is 1.12. The molecule has 2 rings (SSSR count). The summed E-state index contributed by atoms with van der Waals surface area (Å²) in [6.45, 7) is 4.03. The summed E-state index contributed by atoms with van der Waals surface area (Å²) < 4.78 is 16.2. The molecule has 0 fully saturated rings. The van der Waals surface area contributed by atoms with Crippen LogP contribution in [0.5, 0.6) is 17.2 Å². The SMILES string of the molecule is CCC(C)Oc1ccc(NC(=O)COc2ccc(OC)cc2)cc1. The molecule has 1 atom stereocenters. The van der Waals surface area contributed by atoms with Gasteiger partial charge in [0.1, 0.15) is 17.2 Å². The fourth-order valence-electron chi connectivity index (χ4n) is 1.95. The van der Waals surface area contributed by atoms with Gasteiger partial charge in [-0.3, -0.25) is 4.79 Å². The molecule has 5 heteroatoms. The van der Waals surface area contributed by atoms with Crippen LogP contribution < -0.4 is 19.5 Å². The monoisotopic (exact) mass is 329 g/mol. The molecule has 1 amide bonds.